The van der Waals surface area contributed by atoms with Gasteiger partial charge in [0.05, 0.1) is 0 Å². The molecule has 1 fully saturated rings. The molecule has 4 nitrogen and oxygen atoms in total. The van der Waals surface area contributed by atoms with E-state index in [2.05, 4.69) is 0 Å². The van der Waals surface area contributed by atoms with Crippen LogP contribution in [0.3, 0.4) is 0 Å². The van der Waals surface area contributed by atoms with Crippen LogP contribution in [0.1, 0.15) is 37.8 Å². The molecule has 1 aromatic heterocycles. The van der Waals surface area contributed by atoms with E-state index in [0.29, 0.717) is 13.0 Å². The Hall–Kier alpha value is -1.10. The van der Waals surface area contributed by atoms with Crippen LogP contribution in [0, 0.1) is 6.92 Å². The molecule has 0 radical (unpaired) electrons. The number of piperidine rings is 1. The predicted octanol–water partition coefficient (Wildman–Crippen LogP) is 2.01. The first kappa shape index (κ1) is 13.3. The monoisotopic (exact) mass is 268 g/mol. The number of rotatable bonds is 4. The van der Waals surface area contributed by atoms with Crippen LogP contribution >= 0.6 is 11.3 Å². The van der Waals surface area contributed by atoms with Crippen molar-refractivity contribution in [3.05, 3.63) is 20.7 Å². The molecule has 0 spiro atoms. The van der Waals surface area contributed by atoms with Crippen LogP contribution < -0.4 is 4.87 Å². The Kier molecular flexibility index (Phi) is 4.58. The van der Waals surface area contributed by atoms with E-state index in [9.17, 15) is 9.59 Å². The number of thiazole rings is 1. The van der Waals surface area contributed by atoms with Gasteiger partial charge in [0, 0.05) is 37.1 Å². The third-order valence-electron chi connectivity index (χ3n) is 3.46. The quantitative estimate of drug-likeness (QED) is 0.838. The van der Waals surface area contributed by atoms with Gasteiger partial charge in [-0.05, 0) is 32.6 Å². The second-order valence-electron chi connectivity index (χ2n) is 4.84. The van der Waals surface area contributed by atoms with Crippen molar-refractivity contribution < 1.29 is 4.79 Å². The number of hydrogen-bond donors (Lipinski definition) is 0. The van der Waals surface area contributed by atoms with Crippen molar-refractivity contribution >= 4 is 17.2 Å². The summed E-state index contributed by atoms with van der Waals surface area (Å²) in [5.74, 6) is 0.246. The minimum absolute atomic E-state index is 0.0814. The van der Waals surface area contributed by atoms with Gasteiger partial charge in [-0.2, -0.15) is 0 Å². The molecule has 2 rings (SSSR count). The fourth-order valence-corrected chi connectivity index (χ4v) is 3.13. The maximum atomic E-state index is 11.9. The summed E-state index contributed by atoms with van der Waals surface area (Å²) in [5, 5.41) is 1.87. The number of likely N-dealkylation sites (tertiary alicyclic amines) is 1. The van der Waals surface area contributed by atoms with Crippen molar-refractivity contribution in [2.75, 3.05) is 13.1 Å². The molecule has 18 heavy (non-hydrogen) atoms. The Bertz CT molecular complexity index is 458. The van der Waals surface area contributed by atoms with Gasteiger partial charge in [-0.3, -0.25) is 9.59 Å². The number of aryl methyl sites for hydroxylation is 1. The molecule has 1 aliphatic rings. The van der Waals surface area contributed by atoms with Crippen molar-refractivity contribution in [2.45, 2.75) is 45.6 Å². The first-order chi connectivity index (χ1) is 8.68. The highest BCUT2D eigenvalue weighted by Crippen LogP contribution is 2.11. The van der Waals surface area contributed by atoms with Crippen molar-refractivity contribution in [2.24, 2.45) is 0 Å². The standard InChI is InChI=1S/C13H20N2O2S/c1-11-10-18-13(17)15(11)9-5-6-12(16)14-7-3-2-4-8-14/h10H,2-9H2,1H3. The lowest BCUT2D eigenvalue weighted by Gasteiger charge is -2.26. The number of nitrogens with zero attached hydrogens (tertiary/aromatic N) is 2. The lowest BCUT2D eigenvalue weighted by Crippen LogP contribution is -2.35. The molecule has 1 aromatic rings. The average molecular weight is 268 g/mol. The summed E-state index contributed by atoms with van der Waals surface area (Å²) in [6.07, 6.45) is 4.82. The minimum Gasteiger partial charge on any atom is -0.343 e. The topological polar surface area (TPSA) is 42.3 Å². The third kappa shape index (κ3) is 3.22. The second-order valence-corrected chi connectivity index (χ2v) is 5.66. The Morgan fingerprint density at radius 1 is 1.33 bits per heavy atom. The van der Waals surface area contributed by atoms with Crippen LogP contribution in [-0.2, 0) is 11.3 Å². The minimum atomic E-state index is 0.0814. The largest absolute Gasteiger partial charge is 0.343 e. The zero-order valence-electron chi connectivity index (χ0n) is 10.9. The maximum absolute atomic E-state index is 11.9. The summed E-state index contributed by atoms with van der Waals surface area (Å²) in [7, 11) is 0. The van der Waals surface area contributed by atoms with Crippen LogP contribution in [0.4, 0.5) is 0 Å². The number of amides is 1. The first-order valence-corrected chi connectivity index (χ1v) is 7.49. The second kappa shape index (κ2) is 6.18. The van der Waals surface area contributed by atoms with Gasteiger partial charge in [0.2, 0.25) is 5.91 Å². The summed E-state index contributed by atoms with van der Waals surface area (Å²) in [6, 6.07) is 0. The van der Waals surface area contributed by atoms with Crippen molar-refractivity contribution in [3.8, 4) is 0 Å². The van der Waals surface area contributed by atoms with E-state index in [0.717, 1.165) is 38.0 Å². The molecular weight excluding hydrogens is 248 g/mol. The SMILES string of the molecule is Cc1csc(=O)n1CCCC(=O)N1CCCCC1. The van der Waals surface area contributed by atoms with Gasteiger partial charge in [0.25, 0.3) is 0 Å². The highest BCUT2D eigenvalue weighted by molar-refractivity contribution is 7.07. The molecule has 0 atom stereocenters. The molecule has 1 amide bonds. The summed E-state index contributed by atoms with van der Waals surface area (Å²) >= 11 is 1.23. The first-order valence-electron chi connectivity index (χ1n) is 6.61. The van der Waals surface area contributed by atoms with E-state index < -0.39 is 0 Å². The van der Waals surface area contributed by atoms with Gasteiger partial charge in [-0.15, -0.1) is 0 Å². The third-order valence-corrected chi connectivity index (χ3v) is 4.34. The van der Waals surface area contributed by atoms with Crippen molar-refractivity contribution in [1.29, 1.82) is 0 Å². The van der Waals surface area contributed by atoms with Crippen LogP contribution in [0.15, 0.2) is 10.2 Å². The van der Waals surface area contributed by atoms with Gasteiger partial charge in [-0.1, -0.05) is 11.3 Å². The Balaban J connectivity index is 1.78. The number of aromatic nitrogens is 1. The van der Waals surface area contributed by atoms with Crippen LogP contribution in [0.2, 0.25) is 0 Å². The Morgan fingerprint density at radius 3 is 2.67 bits per heavy atom. The molecule has 5 heteroatoms. The number of hydrogen-bond acceptors (Lipinski definition) is 3. The fourth-order valence-electron chi connectivity index (χ4n) is 2.36. The Labute approximate surface area is 111 Å². The molecule has 0 saturated carbocycles. The van der Waals surface area contributed by atoms with Crippen molar-refractivity contribution in [1.82, 2.24) is 9.47 Å². The van der Waals surface area contributed by atoms with Crippen LogP contribution in [-0.4, -0.2) is 28.5 Å². The molecule has 0 bridgehead atoms. The molecule has 2 heterocycles. The van der Waals surface area contributed by atoms with E-state index in [1.165, 1.54) is 17.8 Å². The fraction of sp³-hybridized carbons (Fsp3) is 0.692. The lowest BCUT2D eigenvalue weighted by atomic mass is 10.1. The normalized spacial score (nSPS) is 15.9. The highest BCUT2D eigenvalue weighted by atomic mass is 32.1. The number of carbonyl (C=O) groups is 1. The average Bonchev–Trinajstić information content (AvgIpc) is 2.71. The molecule has 0 aromatic carbocycles. The van der Waals surface area contributed by atoms with Gasteiger partial charge in [-0.25, -0.2) is 0 Å². The van der Waals surface area contributed by atoms with E-state index in [-0.39, 0.29) is 10.8 Å². The van der Waals surface area contributed by atoms with Gasteiger partial charge < -0.3 is 9.47 Å². The molecule has 0 aliphatic carbocycles. The number of carbonyl (C=O) groups excluding carboxylic acids is 1. The molecule has 0 unspecified atom stereocenters. The summed E-state index contributed by atoms with van der Waals surface area (Å²) in [6.45, 7) is 4.42. The highest BCUT2D eigenvalue weighted by Gasteiger charge is 2.15. The smallest absolute Gasteiger partial charge is 0.307 e. The summed E-state index contributed by atoms with van der Waals surface area (Å²) < 4.78 is 1.76. The van der Waals surface area contributed by atoms with E-state index >= 15 is 0 Å². The van der Waals surface area contributed by atoms with Gasteiger partial charge in [0.1, 0.15) is 0 Å². The predicted molar refractivity (Wildman–Crippen MR) is 73.0 cm³/mol. The molecule has 0 N–H and O–H groups in total. The Morgan fingerprint density at radius 2 is 2.06 bits per heavy atom. The molecule has 1 saturated heterocycles. The van der Waals surface area contributed by atoms with E-state index in [1.54, 1.807) is 4.57 Å². The summed E-state index contributed by atoms with van der Waals surface area (Å²) in [4.78, 5) is 25.5. The van der Waals surface area contributed by atoms with E-state index in [1.807, 2.05) is 17.2 Å². The lowest BCUT2D eigenvalue weighted by molar-refractivity contribution is -0.132. The maximum Gasteiger partial charge on any atom is 0.307 e. The van der Waals surface area contributed by atoms with Gasteiger partial charge in [0.15, 0.2) is 0 Å². The van der Waals surface area contributed by atoms with Gasteiger partial charge >= 0.3 is 4.87 Å². The van der Waals surface area contributed by atoms with Crippen LogP contribution in [0.5, 0.6) is 0 Å². The zero-order chi connectivity index (χ0) is 13.0. The molecular formula is C13H20N2O2S. The van der Waals surface area contributed by atoms with Crippen LogP contribution in [0.25, 0.3) is 0 Å². The molecule has 100 valence electrons. The zero-order valence-corrected chi connectivity index (χ0v) is 11.7. The summed E-state index contributed by atoms with van der Waals surface area (Å²) in [5.41, 5.74) is 0.996. The molecule has 1 aliphatic heterocycles. The van der Waals surface area contributed by atoms with E-state index in [4.69, 9.17) is 0 Å². The van der Waals surface area contributed by atoms with Crippen molar-refractivity contribution in [3.63, 3.8) is 0 Å².